The van der Waals surface area contributed by atoms with Crippen LogP contribution in [0.4, 0.5) is 0 Å². The van der Waals surface area contributed by atoms with Gasteiger partial charge in [0, 0.05) is 24.5 Å². The van der Waals surface area contributed by atoms with E-state index >= 15 is 0 Å². The van der Waals surface area contributed by atoms with Gasteiger partial charge in [0.1, 0.15) is 0 Å². The molecule has 0 aromatic heterocycles. The van der Waals surface area contributed by atoms with Gasteiger partial charge < -0.3 is 0 Å². The van der Waals surface area contributed by atoms with E-state index in [1.54, 1.807) is 0 Å². The molecular formula is C13H24IMg. The lowest BCUT2D eigenvalue weighted by Crippen LogP contribution is -1.84. The number of unbranched alkanes of at least 4 members (excludes halogenated alkanes) is 1. The first-order chi connectivity index (χ1) is 6.76. The Bertz CT molecular complexity index is 200. The van der Waals surface area contributed by atoms with Gasteiger partial charge in [-0.1, -0.05) is 46.1 Å². The molecule has 0 spiro atoms. The van der Waals surface area contributed by atoms with Crippen LogP contribution in [-0.2, 0) is 0 Å². The maximum absolute atomic E-state index is 3.37. The van der Waals surface area contributed by atoms with Crippen LogP contribution in [0.5, 0.6) is 0 Å². The minimum absolute atomic E-state index is 0. The molecule has 0 bridgehead atoms. The fourth-order valence-corrected chi connectivity index (χ4v) is 2.24. The Balaban J connectivity index is -0.000000845. The van der Waals surface area contributed by atoms with Crippen molar-refractivity contribution in [2.24, 2.45) is 0 Å². The van der Waals surface area contributed by atoms with Crippen LogP contribution in [-0.4, -0.2) is 23.1 Å². The second kappa shape index (κ2) is 13.0. The van der Waals surface area contributed by atoms with E-state index in [2.05, 4.69) is 55.5 Å². The molecule has 0 aliphatic carbocycles. The average molecular weight is 332 g/mol. The SMILES string of the molecule is CCC[C]=C/C(CCC)=C(\I)CCC.[HH].[Mg]. The van der Waals surface area contributed by atoms with Gasteiger partial charge in [-0.2, -0.15) is 0 Å². The number of halogens is 1. The molecule has 15 heavy (non-hydrogen) atoms. The molecule has 0 saturated carbocycles. The first-order valence-corrected chi connectivity index (χ1v) is 6.78. The van der Waals surface area contributed by atoms with Crippen molar-refractivity contribution in [2.45, 2.75) is 59.3 Å². The molecule has 0 amide bonds. The molecule has 0 saturated heterocycles. The maximum Gasteiger partial charge on any atom is 0 e. The number of rotatable bonds is 7. The lowest BCUT2D eigenvalue weighted by atomic mass is 10.1. The zero-order valence-electron chi connectivity index (χ0n) is 10.4. The summed E-state index contributed by atoms with van der Waals surface area (Å²) >= 11 is 2.49. The molecule has 2 heteroatoms. The smallest absolute Gasteiger partial charge is 0 e. The Morgan fingerprint density at radius 2 is 1.73 bits per heavy atom. The quantitative estimate of drug-likeness (QED) is 0.337. The van der Waals surface area contributed by atoms with Crippen molar-refractivity contribution in [3.05, 3.63) is 21.3 Å². The molecule has 0 nitrogen and oxygen atoms in total. The van der Waals surface area contributed by atoms with Gasteiger partial charge in [-0.25, -0.2) is 0 Å². The second-order valence-electron chi connectivity index (χ2n) is 3.53. The van der Waals surface area contributed by atoms with E-state index in [-0.39, 0.29) is 24.5 Å². The summed E-state index contributed by atoms with van der Waals surface area (Å²) in [5.41, 5.74) is 1.50. The zero-order chi connectivity index (χ0) is 10.8. The van der Waals surface area contributed by atoms with Crippen LogP contribution in [0.15, 0.2) is 15.2 Å². The Morgan fingerprint density at radius 3 is 2.20 bits per heavy atom. The predicted octanol–water partition coefficient (Wildman–Crippen LogP) is 5.30. The van der Waals surface area contributed by atoms with E-state index in [4.69, 9.17) is 0 Å². The normalized spacial score (nSPS) is 12.5. The molecule has 0 N–H and O–H groups in total. The molecule has 85 valence electrons. The first-order valence-electron chi connectivity index (χ1n) is 5.70. The topological polar surface area (TPSA) is 0 Å². The van der Waals surface area contributed by atoms with Crippen molar-refractivity contribution in [2.75, 3.05) is 0 Å². The Labute approximate surface area is 127 Å². The van der Waals surface area contributed by atoms with Crippen LogP contribution in [0.1, 0.15) is 60.7 Å². The van der Waals surface area contributed by atoms with Crippen molar-refractivity contribution in [1.29, 1.82) is 0 Å². The monoisotopic (exact) mass is 331 g/mol. The molecule has 0 aromatic rings. The molecule has 0 atom stereocenters. The summed E-state index contributed by atoms with van der Waals surface area (Å²) in [6.45, 7) is 6.67. The summed E-state index contributed by atoms with van der Waals surface area (Å²) in [5.74, 6) is 0. The molecule has 0 aliphatic rings. The van der Waals surface area contributed by atoms with Gasteiger partial charge in [-0.05, 0) is 57.1 Å². The second-order valence-corrected chi connectivity index (χ2v) is 4.83. The summed E-state index contributed by atoms with van der Waals surface area (Å²) < 4.78 is 1.52. The van der Waals surface area contributed by atoms with E-state index < -0.39 is 0 Å². The maximum atomic E-state index is 3.37. The van der Waals surface area contributed by atoms with Gasteiger partial charge in [0.25, 0.3) is 0 Å². The molecule has 0 aromatic carbocycles. The summed E-state index contributed by atoms with van der Waals surface area (Å²) in [7, 11) is 0. The Kier molecular flexibility index (Phi) is 16.0. The van der Waals surface area contributed by atoms with E-state index in [0.717, 1.165) is 6.42 Å². The van der Waals surface area contributed by atoms with E-state index in [1.165, 1.54) is 41.3 Å². The Morgan fingerprint density at radius 1 is 1.13 bits per heavy atom. The zero-order valence-corrected chi connectivity index (χ0v) is 14.0. The highest BCUT2D eigenvalue weighted by molar-refractivity contribution is 14.1. The molecule has 0 unspecified atom stereocenters. The number of hydrogen-bond acceptors (Lipinski definition) is 0. The molecule has 0 heterocycles. The van der Waals surface area contributed by atoms with Gasteiger partial charge >= 0.3 is 0 Å². The highest BCUT2D eigenvalue weighted by atomic mass is 127. The van der Waals surface area contributed by atoms with Gasteiger partial charge in [-0.3, -0.25) is 0 Å². The highest BCUT2D eigenvalue weighted by Gasteiger charge is 1.98. The standard InChI is InChI=1S/C13H22I.Mg.H2/c1-4-7-8-11-12(9-5-2)13(14)10-6-3;;/h11H,4-7,9-10H2,1-3H3;;1H/b11-8?,13-12-;;. The summed E-state index contributed by atoms with van der Waals surface area (Å²) in [6, 6.07) is 0. The van der Waals surface area contributed by atoms with Crippen LogP contribution in [0, 0.1) is 6.08 Å². The van der Waals surface area contributed by atoms with E-state index in [9.17, 15) is 0 Å². The van der Waals surface area contributed by atoms with Crippen LogP contribution in [0.2, 0.25) is 0 Å². The van der Waals surface area contributed by atoms with Gasteiger partial charge in [0.2, 0.25) is 0 Å². The first kappa shape index (κ1) is 18.3. The summed E-state index contributed by atoms with van der Waals surface area (Å²) in [4.78, 5) is 0. The van der Waals surface area contributed by atoms with Crippen molar-refractivity contribution in [3.8, 4) is 0 Å². The number of hydrogen-bond donors (Lipinski definition) is 0. The largest absolute Gasteiger partial charge is 0.0651 e. The molecule has 0 rings (SSSR count). The van der Waals surface area contributed by atoms with Crippen LogP contribution in [0.25, 0.3) is 0 Å². The van der Waals surface area contributed by atoms with Crippen LogP contribution >= 0.6 is 22.6 Å². The van der Waals surface area contributed by atoms with E-state index in [0.29, 0.717) is 0 Å². The summed E-state index contributed by atoms with van der Waals surface area (Å²) in [6.07, 6.45) is 12.8. The Hall–Kier alpha value is 0.976. The minimum atomic E-state index is 0. The third-order valence-electron chi connectivity index (χ3n) is 2.01. The van der Waals surface area contributed by atoms with Crippen molar-refractivity contribution < 1.29 is 1.43 Å². The summed E-state index contributed by atoms with van der Waals surface area (Å²) in [5, 5.41) is 0. The third kappa shape index (κ3) is 9.88. The lowest BCUT2D eigenvalue weighted by molar-refractivity contribution is 0.883. The fourth-order valence-electron chi connectivity index (χ4n) is 1.28. The highest BCUT2D eigenvalue weighted by Crippen LogP contribution is 2.23. The fraction of sp³-hybridized carbons (Fsp3) is 0.692. The van der Waals surface area contributed by atoms with Crippen molar-refractivity contribution in [3.63, 3.8) is 0 Å². The predicted molar refractivity (Wildman–Crippen MR) is 81.5 cm³/mol. The average Bonchev–Trinajstić information content (AvgIpc) is 2.17. The van der Waals surface area contributed by atoms with Crippen LogP contribution in [0.3, 0.4) is 0 Å². The lowest BCUT2D eigenvalue weighted by Gasteiger charge is -2.04. The van der Waals surface area contributed by atoms with Crippen molar-refractivity contribution >= 4 is 45.6 Å². The number of allylic oxidation sites excluding steroid dienone is 4. The molecule has 3 radical (unpaired) electrons. The minimum Gasteiger partial charge on any atom is -0.0651 e. The molecular weight excluding hydrogens is 307 g/mol. The van der Waals surface area contributed by atoms with Gasteiger partial charge in [0.15, 0.2) is 0 Å². The van der Waals surface area contributed by atoms with E-state index in [1.807, 2.05) is 0 Å². The third-order valence-corrected chi connectivity index (χ3v) is 3.24. The van der Waals surface area contributed by atoms with Crippen molar-refractivity contribution in [1.82, 2.24) is 0 Å². The van der Waals surface area contributed by atoms with Gasteiger partial charge in [0.05, 0.1) is 0 Å². The van der Waals surface area contributed by atoms with Crippen LogP contribution < -0.4 is 0 Å². The molecule has 0 fully saturated rings. The van der Waals surface area contributed by atoms with Gasteiger partial charge in [-0.15, -0.1) is 0 Å². The molecule has 0 aliphatic heterocycles.